The summed E-state index contributed by atoms with van der Waals surface area (Å²) in [6.45, 7) is 0. The number of hydrogen-bond acceptors (Lipinski definition) is 3. The standard InChI is InChI=1S/C9H4Cl2N3O/c10-7-8(11)14-6-3-4(9(12)15)1-2-5(6)13-7/h1-3,12H. The van der Waals surface area contributed by atoms with E-state index in [1.54, 1.807) is 6.07 Å². The Kier molecular flexibility index (Phi) is 2.46. The fraction of sp³-hybridized carbons (Fsp3) is 0. The molecule has 1 heterocycles. The molecule has 1 aromatic carbocycles. The zero-order valence-electron chi connectivity index (χ0n) is 7.29. The van der Waals surface area contributed by atoms with Crippen LogP contribution in [0, 0.1) is 0 Å². The summed E-state index contributed by atoms with van der Waals surface area (Å²) in [6, 6.07) is 4.53. The summed E-state index contributed by atoms with van der Waals surface area (Å²) < 4.78 is 0. The molecule has 0 aliphatic heterocycles. The molecule has 1 aromatic heterocycles. The molecule has 15 heavy (non-hydrogen) atoms. The van der Waals surface area contributed by atoms with E-state index in [1.165, 1.54) is 12.1 Å². The molecule has 0 fully saturated rings. The summed E-state index contributed by atoms with van der Waals surface area (Å²) >= 11 is 11.4. The molecule has 4 nitrogen and oxygen atoms in total. The van der Waals surface area contributed by atoms with E-state index >= 15 is 0 Å². The van der Waals surface area contributed by atoms with E-state index < -0.39 is 5.91 Å². The van der Waals surface area contributed by atoms with Gasteiger partial charge in [-0.25, -0.2) is 9.97 Å². The molecule has 0 aliphatic rings. The average molecular weight is 241 g/mol. The van der Waals surface area contributed by atoms with Gasteiger partial charge in [0.1, 0.15) is 0 Å². The lowest BCUT2D eigenvalue weighted by Gasteiger charge is -2.00. The van der Waals surface area contributed by atoms with E-state index in [-0.39, 0.29) is 15.9 Å². The average Bonchev–Trinajstić information content (AvgIpc) is 2.19. The summed E-state index contributed by atoms with van der Waals surface area (Å²) in [7, 11) is 0. The molecule has 6 heteroatoms. The number of halogens is 2. The van der Waals surface area contributed by atoms with Crippen LogP contribution < -0.4 is 5.73 Å². The number of carbonyl (C=O) groups is 1. The molecule has 2 rings (SSSR count). The Morgan fingerprint density at radius 1 is 1.13 bits per heavy atom. The van der Waals surface area contributed by atoms with Crippen molar-refractivity contribution in [1.82, 2.24) is 15.7 Å². The van der Waals surface area contributed by atoms with Gasteiger partial charge in [0.25, 0.3) is 5.91 Å². The number of nitrogens with one attached hydrogen (secondary N) is 1. The lowest BCUT2D eigenvalue weighted by Crippen LogP contribution is -1.99. The zero-order chi connectivity index (χ0) is 11.0. The van der Waals surface area contributed by atoms with E-state index in [0.717, 1.165) is 0 Å². The van der Waals surface area contributed by atoms with Crippen LogP contribution in [0.3, 0.4) is 0 Å². The van der Waals surface area contributed by atoms with E-state index in [1.807, 2.05) is 0 Å². The van der Waals surface area contributed by atoms with Crippen LogP contribution in [0.1, 0.15) is 10.4 Å². The van der Waals surface area contributed by atoms with Crippen molar-refractivity contribution in [2.75, 3.05) is 0 Å². The Balaban J connectivity index is 2.72. The van der Waals surface area contributed by atoms with Crippen LogP contribution in [0.25, 0.3) is 11.0 Å². The lowest BCUT2D eigenvalue weighted by atomic mass is 10.2. The Morgan fingerprint density at radius 3 is 2.33 bits per heavy atom. The van der Waals surface area contributed by atoms with E-state index in [9.17, 15) is 4.79 Å². The topological polar surface area (TPSA) is 66.7 Å². The summed E-state index contributed by atoms with van der Waals surface area (Å²) in [4.78, 5) is 18.7. The van der Waals surface area contributed by atoms with Crippen LogP contribution >= 0.6 is 23.2 Å². The smallest absolute Gasteiger partial charge is 0.267 e. The predicted octanol–water partition coefficient (Wildman–Crippen LogP) is 2.36. The molecule has 0 atom stereocenters. The molecule has 2 aromatic rings. The highest BCUT2D eigenvalue weighted by Gasteiger charge is 2.07. The quantitative estimate of drug-likeness (QED) is 0.769. The summed E-state index contributed by atoms with van der Waals surface area (Å²) in [5, 5.41) is 0.202. The van der Waals surface area contributed by atoms with E-state index in [0.29, 0.717) is 11.0 Å². The highest BCUT2D eigenvalue weighted by molar-refractivity contribution is 6.40. The molecule has 0 saturated heterocycles. The summed E-state index contributed by atoms with van der Waals surface area (Å²) in [6.07, 6.45) is 0. The van der Waals surface area contributed by atoms with E-state index in [2.05, 4.69) is 9.97 Å². The third-order valence-corrected chi connectivity index (χ3v) is 2.47. The fourth-order valence-corrected chi connectivity index (χ4v) is 1.42. The van der Waals surface area contributed by atoms with Gasteiger partial charge in [0.05, 0.1) is 11.0 Å². The maximum absolute atomic E-state index is 10.8. The number of hydrogen-bond donors (Lipinski definition) is 0. The molecule has 1 radical (unpaired) electrons. The van der Waals surface area contributed by atoms with Crippen molar-refractivity contribution in [3.63, 3.8) is 0 Å². The molecule has 0 bridgehead atoms. The first-order valence-electron chi connectivity index (χ1n) is 3.96. The first-order valence-corrected chi connectivity index (χ1v) is 4.72. The van der Waals surface area contributed by atoms with Gasteiger partial charge in [-0.05, 0) is 18.2 Å². The zero-order valence-corrected chi connectivity index (χ0v) is 8.80. The second-order valence-electron chi connectivity index (χ2n) is 2.84. The number of rotatable bonds is 1. The minimum atomic E-state index is -0.773. The molecule has 0 saturated carbocycles. The maximum Gasteiger partial charge on any atom is 0.269 e. The van der Waals surface area contributed by atoms with Gasteiger partial charge in [-0.15, -0.1) is 0 Å². The van der Waals surface area contributed by atoms with Gasteiger partial charge in [0, 0.05) is 5.56 Å². The second kappa shape index (κ2) is 3.64. The first-order chi connectivity index (χ1) is 7.08. The number of aromatic nitrogens is 2. The van der Waals surface area contributed by atoms with Crippen molar-refractivity contribution in [3.05, 3.63) is 34.1 Å². The summed E-state index contributed by atoms with van der Waals surface area (Å²) in [5.41, 5.74) is 8.17. The second-order valence-corrected chi connectivity index (χ2v) is 3.55. The number of carbonyl (C=O) groups excluding carboxylic acids is 1. The highest BCUT2D eigenvalue weighted by Crippen LogP contribution is 2.21. The largest absolute Gasteiger partial charge is 0.269 e. The van der Waals surface area contributed by atoms with Crippen molar-refractivity contribution < 1.29 is 4.79 Å². The number of amides is 1. The molecule has 75 valence electrons. The molecular weight excluding hydrogens is 237 g/mol. The minimum absolute atomic E-state index is 0.0822. The molecule has 0 aliphatic carbocycles. The van der Waals surface area contributed by atoms with E-state index in [4.69, 9.17) is 28.9 Å². The first kappa shape index (κ1) is 10.1. The van der Waals surface area contributed by atoms with Crippen molar-refractivity contribution in [2.24, 2.45) is 0 Å². The Hall–Kier alpha value is -1.39. The van der Waals surface area contributed by atoms with Gasteiger partial charge in [0.2, 0.25) is 0 Å². The SMILES string of the molecule is [NH]C(=O)c1ccc2nc(Cl)c(Cl)nc2c1. The van der Waals surface area contributed by atoms with Crippen LogP contribution in [0.5, 0.6) is 0 Å². The van der Waals surface area contributed by atoms with Crippen LogP contribution in [-0.2, 0) is 0 Å². The lowest BCUT2D eigenvalue weighted by molar-refractivity contribution is 0.0992. The van der Waals surface area contributed by atoms with Crippen LogP contribution in [0.2, 0.25) is 10.3 Å². The maximum atomic E-state index is 10.8. The van der Waals surface area contributed by atoms with Crippen LogP contribution in [-0.4, -0.2) is 15.9 Å². The van der Waals surface area contributed by atoms with Crippen molar-refractivity contribution in [2.45, 2.75) is 0 Å². The third kappa shape index (κ3) is 1.86. The van der Waals surface area contributed by atoms with Crippen molar-refractivity contribution >= 4 is 40.1 Å². The summed E-state index contributed by atoms with van der Waals surface area (Å²) in [5.74, 6) is -0.773. The van der Waals surface area contributed by atoms with Crippen LogP contribution in [0.15, 0.2) is 18.2 Å². The van der Waals surface area contributed by atoms with Gasteiger partial charge in [-0.3, -0.25) is 10.5 Å². The molecular formula is C9H4Cl2N3O. The van der Waals surface area contributed by atoms with Gasteiger partial charge in [-0.2, -0.15) is 0 Å². The molecule has 1 N–H and O–H groups in total. The van der Waals surface area contributed by atoms with Crippen LogP contribution in [0.4, 0.5) is 0 Å². The molecule has 0 spiro atoms. The van der Waals surface area contributed by atoms with Crippen molar-refractivity contribution in [3.8, 4) is 0 Å². The molecule has 1 amide bonds. The van der Waals surface area contributed by atoms with Gasteiger partial charge in [-0.1, -0.05) is 23.2 Å². The third-order valence-electron chi connectivity index (χ3n) is 1.85. The number of fused-ring (bicyclic) bond motifs is 1. The monoisotopic (exact) mass is 240 g/mol. The fourth-order valence-electron chi connectivity index (χ4n) is 1.15. The Labute approximate surface area is 95.0 Å². The predicted molar refractivity (Wildman–Crippen MR) is 57.0 cm³/mol. The Bertz CT molecular complexity index is 556. The van der Waals surface area contributed by atoms with Gasteiger partial charge >= 0.3 is 0 Å². The van der Waals surface area contributed by atoms with Crippen molar-refractivity contribution in [1.29, 1.82) is 0 Å². The number of benzene rings is 1. The van der Waals surface area contributed by atoms with Gasteiger partial charge in [0.15, 0.2) is 10.3 Å². The number of nitrogens with zero attached hydrogens (tertiary/aromatic N) is 2. The normalized spacial score (nSPS) is 10.5. The molecule has 0 unspecified atom stereocenters. The Morgan fingerprint density at radius 2 is 1.73 bits per heavy atom. The highest BCUT2D eigenvalue weighted by atomic mass is 35.5. The minimum Gasteiger partial charge on any atom is -0.267 e. The van der Waals surface area contributed by atoms with Gasteiger partial charge < -0.3 is 0 Å².